The second-order valence-electron chi connectivity index (χ2n) is 6.68. The van der Waals surface area contributed by atoms with Crippen LogP contribution in [0.4, 0.5) is 4.39 Å². The molecule has 0 aliphatic carbocycles. The second kappa shape index (κ2) is 8.71. The Kier molecular flexibility index (Phi) is 6.29. The highest BCUT2D eigenvalue weighted by atomic mass is 32.2. The van der Waals surface area contributed by atoms with Crippen LogP contribution in [0.25, 0.3) is 0 Å². The summed E-state index contributed by atoms with van der Waals surface area (Å²) in [6, 6.07) is 11.4. The van der Waals surface area contributed by atoms with E-state index in [9.17, 15) is 22.4 Å². The van der Waals surface area contributed by atoms with Gasteiger partial charge in [0.25, 0.3) is 5.91 Å². The van der Waals surface area contributed by atoms with Crippen molar-refractivity contribution in [2.45, 2.75) is 11.8 Å². The molecule has 1 aliphatic heterocycles. The Balaban J connectivity index is 1.52. The first-order chi connectivity index (χ1) is 13.8. The van der Waals surface area contributed by atoms with Gasteiger partial charge in [0.1, 0.15) is 5.82 Å². The van der Waals surface area contributed by atoms with Gasteiger partial charge in [-0.25, -0.2) is 17.6 Å². The summed E-state index contributed by atoms with van der Waals surface area (Å²) in [6.45, 7) is 2.16. The zero-order valence-corrected chi connectivity index (χ0v) is 16.7. The number of halogens is 1. The maximum atomic E-state index is 12.9. The number of amides is 1. The molecule has 0 N–H and O–H groups in total. The third-order valence-corrected chi connectivity index (χ3v) is 6.57. The zero-order valence-electron chi connectivity index (χ0n) is 15.9. The average Bonchev–Trinajstić information content (AvgIpc) is 2.72. The molecule has 1 saturated heterocycles. The van der Waals surface area contributed by atoms with Crippen LogP contribution in [-0.4, -0.2) is 62.3 Å². The highest BCUT2D eigenvalue weighted by Gasteiger charge is 2.30. The van der Waals surface area contributed by atoms with E-state index in [0.29, 0.717) is 0 Å². The minimum absolute atomic E-state index is 0.146. The van der Waals surface area contributed by atoms with Gasteiger partial charge in [0.05, 0.1) is 10.5 Å². The Morgan fingerprint density at radius 2 is 1.55 bits per heavy atom. The molecule has 29 heavy (non-hydrogen) atoms. The Morgan fingerprint density at radius 1 is 0.966 bits per heavy atom. The smallest absolute Gasteiger partial charge is 0.338 e. The number of benzene rings is 2. The number of carbonyl (C=O) groups is 2. The molecule has 0 spiro atoms. The maximum absolute atomic E-state index is 12.9. The molecular weight excluding hydrogens is 399 g/mol. The number of nitrogens with zero attached hydrogens (tertiary/aromatic N) is 2. The van der Waals surface area contributed by atoms with E-state index >= 15 is 0 Å². The number of ether oxygens (including phenoxy) is 1. The Labute approximate surface area is 168 Å². The first-order valence-electron chi connectivity index (χ1n) is 9.04. The highest BCUT2D eigenvalue weighted by Crippen LogP contribution is 2.18. The van der Waals surface area contributed by atoms with E-state index in [-0.39, 0.29) is 36.6 Å². The van der Waals surface area contributed by atoms with Gasteiger partial charge >= 0.3 is 5.97 Å². The van der Waals surface area contributed by atoms with Gasteiger partial charge < -0.3 is 9.64 Å². The van der Waals surface area contributed by atoms with Gasteiger partial charge in [0, 0.05) is 26.2 Å². The molecule has 0 saturated carbocycles. The molecule has 1 fully saturated rings. The van der Waals surface area contributed by atoms with Crippen molar-refractivity contribution in [1.82, 2.24) is 9.21 Å². The van der Waals surface area contributed by atoms with Gasteiger partial charge in [0.2, 0.25) is 10.0 Å². The number of carbonyl (C=O) groups excluding carboxylic acids is 2. The van der Waals surface area contributed by atoms with Crippen LogP contribution in [0, 0.1) is 12.7 Å². The fraction of sp³-hybridized carbons (Fsp3) is 0.300. The second-order valence-corrected chi connectivity index (χ2v) is 8.62. The minimum Gasteiger partial charge on any atom is -0.452 e. The lowest BCUT2D eigenvalue weighted by molar-refractivity contribution is -0.135. The Morgan fingerprint density at radius 3 is 2.14 bits per heavy atom. The lowest BCUT2D eigenvalue weighted by Gasteiger charge is -2.33. The minimum atomic E-state index is -3.61. The molecule has 154 valence electrons. The van der Waals surface area contributed by atoms with Crippen LogP contribution < -0.4 is 0 Å². The third-order valence-electron chi connectivity index (χ3n) is 4.66. The van der Waals surface area contributed by atoms with Gasteiger partial charge in [0.15, 0.2) is 6.61 Å². The molecule has 1 amide bonds. The number of hydrogen-bond acceptors (Lipinski definition) is 5. The molecular formula is C20H21FN2O5S. The number of hydrogen-bond donors (Lipinski definition) is 0. The number of aryl methyl sites for hydroxylation is 1. The van der Waals surface area contributed by atoms with Crippen molar-refractivity contribution >= 4 is 21.9 Å². The van der Waals surface area contributed by atoms with Gasteiger partial charge in [-0.1, -0.05) is 17.7 Å². The summed E-state index contributed by atoms with van der Waals surface area (Å²) in [5.74, 6) is -1.61. The van der Waals surface area contributed by atoms with E-state index in [2.05, 4.69) is 0 Å². The van der Waals surface area contributed by atoms with Crippen LogP contribution in [0.5, 0.6) is 0 Å². The maximum Gasteiger partial charge on any atom is 0.338 e. The predicted molar refractivity (Wildman–Crippen MR) is 103 cm³/mol. The number of rotatable bonds is 5. The van der Waals surface area contributed by atoms with Crippen molar-refractivity contribution in [3.63, 3.8) is 0 Å². The highest BCUT2D eigenvalue weighted by molar-refractivity contribution is 7.89. The summed E-state index contributed by atoms with van der Waals surface area (Å²) in [5, 5.41) is 0. The molecule has 3 rings (SSSR count). The number of esters is 1. The lowest BCUT2D eigenvalue weighted by atomic mass is 10.2. The molecule has 7 nitrogen and oxygen atoms in total. The fourth-order valence-electron chi connectivity index (χ4n) is 2.93. The van der Waals surface area contributed by atoms with Crippen molar-refractivity contribution in [1.29, 1.82) is 0 Å². The van der Waals surface area contributed by atoms with E-state index in [1.165, 1.54) is 21.3 Å². The topological polar surface area (TPSA) is 84.0 Å². The van der Waals surface area contributed by atoms with Crippen molar-refractivity contribution in [3.8, 4) is 0 Å². The van der Waals surface area contributed by atoms with Crippen molar-refractivity contribution in [3.05, 3.63) is 65.5 Å². The van der Waals surface area contributed by atoms with E-state index in [4.69, 9.17) is 4.74 Å². The summed E-state index contributed by atoms with van der Waals surface area (Å²) in [4.78, 5) is 25.9. The molecule has 0 radical (unpaired) electrons. The molecule has 1 heterocycles. The van der Waals surface area contributed by atoms with Gasteiger partial charge in [-0.05, 0) is 43.3 Å². The van der Waals surface area contributed by atoms with Gasteiger partial charge in [-0.3, -0.25) is 4.79 Å². The SMILES string of the molecule is Cc1ccc(S(=O)(=O)N2CCN(C(=O)COC(=O)c3ccc(F)cc3)CC2)cc1. The van der Waals surface area contributed by atoms with E-state index in [1.54, 1.807) is 24.3 Å². The van der Waals surface area contributed by atoms with Crippen molar-refractivity contribution in [2.24, 2.45) is 0 Å². The third kappa shape index (κ3) is 4.99. The van der Waals surface area contributed by atoms with Crippen LogP contribution in [0.2, 0.25) is 0 Å². The predicted octanol–water partition coefficient (Wildman–Crippen LogP) is 1.82. The van der Waals surface area contributed by atoms with Crippen LogP contribution in [0.1, 0.15) is 15.9 Å². The van der Waals surface area contributed by atoms with Crippen molar-refractivity contribution in [2.75, 3.05) is 32.8 Å². The summed E-state index contributed by atoms with van der Waals surface area (Å²) < 4.78 is 44.6. The quantitative estimate of drug-likeness (QED) is 0.689. The summed E-state index contributed by atoms with van der Waals surface area (Å²) in [7, 11) is -3.61. The first-order valence-corrected chi connectivity index (χ1v) is 10.5. The normalized spacial score (nSPS) is 15.2. The Hall–Kier alpha value is -2.78. The van der Waals surface area contributed by atoms with Crippen molar-refractivity contribution < 1.29 is 27.1 Å². The largest absolute Gasteiger partial charge is 0.452 e. The van der Waals surface area contributed by atoms with Gasteiger partial charge in [-0.2, -0.15) is 4.31 Å². The zero-order chi connectivity index (χ0) is 21.0. The number of piperazine rings is 1. The molecule has 9 heteroatoms. The average molecular weight is 420 g/mol. The molecule has 0 unspecified atom stereocenters. The van der Waals surface area contributed by atoms with E-state index in [0.717, 1.165) is 17.7 Å². The van der Waals surface area contributed by atoms with Crippen LogP contribution in [-0.2, 0) is 19.6 Å². The number of sulfonamides is 1. The fourth-order valence-corrected chi connectivity index (χ4v) is 4.35. The monoisotopic (exact) mass is 420 g/mol. The molecule has 0 bridgehead atoms. The Bertz CT molecular complexity index is 983. The first kappa shape index (κ1) is 20.9. The summed E-state index contributed by atoms with van der Waals surface area (Å²) >= 11 is 0. The summed E-state index contributed by atoms with van der Waals surface area (Å²) in [6.07, 6.45) is 0. The summed E-state index contributed by atoms with van der Waals surface area (Å²) in [5.41, 5.74) is 1.11. The van der Waals surface area contributed by atoms with Gasteiger partial charge in [-0.15, -0.1) is 0 Å². The molecule has 0 aromatic heterocycles. The van der Waals surface area contributed by atoms with E-state index in [1.807, 2.05) is 6.92 Å². The molecule has 0 atom stereocenters. The van der Waals surface area contributed by atoms with E-state index < -0.39 is 34.3 Å². The standard InChI is InChI=1S/C20H21FN2O5S/c1-15-2-8-18(9-3-15)29(26,27)23-12-10-22(11-13-23)19(24)14-28-20(25)16-4-6-17(21)7-5-16/h2-9H,10-14H2,1H3. The molecule has 1 aliphatic rings. The van der Waals surface area contributed by atoms with Crippen LogP contribution >= 0.6 is 0 Å². The molecule has 2 aromatic rings. The lowest BCUT2D eigenvalue weighted by Crippen LogP contribution is -2.51. The molecule has 2 aromatic carbocycles. The van der Waals surface area contributed by atoms with Crippen LogP contribution in [0.3, 0.4) is 0 Å². The van der Waals surface area contributed by atoms with Crippen LogP contribution in [0.15, 0.2) is 53.4 Å².